The van der Waals surface area contributed by atoms with Crippen LogP contribution >= 0.6 is 0 Å². The van der Waals surface area contributed by atoms with Gasteiger partial charge in [-0.2, -0.15) is 0 Å². The topological polar surface area (TPSA) is 41.6 Å². The van der Waals surface area contributed by atoms with Crippen LogP contribution in [-0.2, 0) is 9.53 Å². The second-order valence-corrected chi connectivity index (χ2v) is 3.66. The number of carbonyl (C=O) groups is 1. The molecule has 0 bridgehead atoms. The number of hydrogen-bond acceptors (Lipinski definition) is 4. The largest absolute Gasteiger partial charge is 0.468 e. The molecule has 0 saturated carbocycles. The smallest absolute Gasteiger partial charge is 0.319 e. The Kier molecular flexibility index (Phi) is 5.56. The molecule has 0 unspecified atom stereocenters. The van der Waals surface area contributed by atoms with Gasteiger partial charge in [-0.1, -0.05) is 6.42 Å². The van der Waals surface area contributed by atoms with E-state index in [9.17, 15) is 4.79 Å². The molecule has 0 aromatic heterocycles. The van der Waals surface area contributed by atoms with Crippen molar-refractivity contribution in [1.29, 1.82) is 0 Å². The van der Waals surface area contributed by atoms with Gasteiger partial charge in [-0.25, -0.2) is 0 Å². The number of hydrogen-bond donors (Lipinski definition) is 1. The van der Waals surface area contributed by atoms with E-state index in [1.165, 1.54) is 39.5 Å². The number of carbonyl (C=O) groups excluding carboxylic acids is 1. The molecule has 1 aliphatic heterocycles. The molecule has 1 saturated heterocycles. The Labute approximate surface area is 85.6 Å². The molecule has 1 fully saturated rings. The summed E-state index contributed by atoms with van der Waals surface area (Å²) < 4.78 is 4.53. The summed E-state index contributed by atoms with van der Waals surface area (Å²) in [5.74, 6) is -0.191. The first-order chi connectivity index (χ1) is 6.83. The lowest BCUT2D eigenvalue weighted by molar-refractivity contribution is -0.139. The molecule has 1 rings (SSSR count). The molecule has 0 aromatic rings. The summed E-state index contributed by atoms with van der Waals surface area (Å²) in [5, 5.41) is 3.07. The van der Waals surface area contributed by atoms with E-state index in [2.05, 4.69) is 15.0 Å². The summed E-state index contributed by atoms with van der Waals surface area (Å²) in [7, 11) is 1.41. The maximum atomic E-state index is 10.8. The van der Waals surface area contributed by atoms with E-state index in [0.29, 0.717) is 6.54 Å². The maximum Gasteiger partial charge on any atom is 0.319 e. The van der Waals surface area contributed by atoms with Gasteiger partial charge in [-0.15, -0.1) is 0 Å². The second-order valence-electron chi connectivity index (χ2n) is 3.66. The first kappa shape index (κ1) is 11.5. The van der Waals surface area contributed by atoms with Crippen molar-refractivity contribution in [2.24, 2.45) is 0 Å². The Morgan fingerprint density at radius 1 is 1.36 bits per heavy atom. The number of piperidine rings is 1. The van der Waals surface area contributed by atoms with Gasteiger partial charge in [0, 0.05) is 13.1 Å². The fourth-order valence-corrected chi connectivity index (χ4v) is 1.68. The number of ether oxygens (including phenoxy) is 1. The Bertz CT molecular complexity index is 168. The number of nitrogens with zero attached hydrogens (tertiary/aromatic N) is 1. The van der Waals surface area contributed by atoms with Crippen molar-refractivity contribution in [3.05, 3.63) is 0 Å². The van der Waals surface area contributed by atoms with Crippen LogP contribution in [0.25, 0.3) is 0 Å². The fraction of sp³-hybridized carbons (Fsp3) is 0.900. The Balaban J connectivity index is 1.94. The zero-order valence-corrected chi connectivity index (χ0v) is 8.92. The Morgan fingerprint density at radius 3 is 2.71 bits per heavy atom. The van der Waals surface area contributed by atoms with Crippen LogP contribution in [0.1, 0.15) is 19.3 Å². The predicted octanol–water partition coefficient (Wildman–Crippen LogP) is 0.235. The highest BCUT2D eigenvalue weighted by Gasteiger charge is 2.08. The second kappa shape index (κ2) is 6.79. The molecule has 1 aliphatic rings. The van der Waals surface area contributed by atoms with Gasteiger partial charge < -0.3 is 15.0 Å². The van der Waals surface area contributed by atoms with Crippen LogP contribution in [0.2, 0.25) is 0 Å². The monoisotopic (exact) mass is 200 g/mol. The van der Waals surface area contributed by atoms with Gasteiger partial charge in [0.05, 0.1) is 13.7 Å². The van der Waals surface area contributed by atoms with Crippen LogP contribution in [0.15, 0.2) is 0 Å². The molecule has 14 heavy (non-hydrogen) atoms. The molecule has 4 heteroatoms. The molecule has 0 atom stereocenters. The van der Waals surface area contributed by atoms with Crippen molar-refractivity contribution in [2.75, 3.05) is 39.8 Å². The van der Waals surface area contributed by atoms with Crippen molar-refractivity contribution in [1.82, 2.24) is 10.2 Å². The third kappa shape index (κ3) is 4.58. The summed E-state index contributed by atoms with van der Waals surface area (Å²) in [5.41, 5.74) is 0. The molecule has 1 heterocycles. The lowest BCUT2D eigenvalue weighted by Crippen LogP contribution is -2.37. The minimum Gasteiger partial charge on any atom is -0.468 e. The standard InChI is InChI=1S/C10H20N2O2/c1-14-10(13)9-11-5-8-12-6-3-2-4-7-12/h11H,2-9H2,1H3. The van der Waals surface area contributed by atoms with E-state index >= 15 is 0 Å². The number of methoxy groups -OCH3 is 1. The maximum absolute atomic E-state index is 10.8. The van der Waals surface area contributed by atoms with Crippen molar-refractivity contribution in [2.45, 2.75) is 19.3 Å². The Hall–Kier alpha value is -0.610. The number of esters is 1. The van der Waals surface area contributed by atoms with Crippen LogP contribution < -0.4 is 5.32 Å². The summed E-state index contributed by atoms with van der Waals surface area (Å²) in [4.78, 5) is 13.2. The minimum absolute atomic E-state index is 0.191. The molecule has 0 aliphatic carbocycles. The van der Waals surface area contributed by atoms with Gasteiger partial charge in [0.25, 0.3) is 0 Å². The third-order valence-electron chi connectivity index (χ3n) is 2.55. The first-order valence-corrected chi connectivity index (χ1v) is 5.33. The van der Waals surface area contributed by atoms with E-state index in [1.807, 2.05) is 0 Å². The van der Waals surface area contributed by atoms with E-state index in [-0.39, 0.29) is 5.97 Å². The van der Waals surface area contributed by atoms with Gasteiger partial charge in [0.2, 0.25) is 0 Å². The molecule has 4 nitrogen and oxygen atoms in total. The van der Waals surface area contributed by atoms with Crippen LogP contribution in [0.3, 0.4) is 0 Å². The third-order valence-corrected chi connectivity index (χ3v) is 2.55. The molecule has 0 radical (unpaired) electrons. The molecule has 0 amide bonds. The highest BCUT2D eigenvalue weighted by molar-refractivity contribution is 5.71. The summed E-state index contributed by atoms with van der Waals surface area (Å²) >= 11 is 0. The van der Waals surface area contributed by atoms with Crippen molar-refractivity contribution in [3.63, 3.8) is 0 Å². The highest BCUT2D eigenvalue weighted by Crippen LogP contribution is 2.06. The van der Waals surface area contributed by atoms with Crippen LogP contribution in [-0.4, -0.2) is 50.7 Å². The van der Waals surface area contributed by atoms with E-state index in [4.69, 9.17) is 0 Å². The van der Waals surface area contributed by atoms with Crippen LogP contribution in [0.5, 0.6) is 0 Å². The predicted molar refractivity (Wildman–Crippen MR) is 55.2 cm³/mol. The van der Waals surface area contributed by atoms with E-state index in [0.717, 1.165) is 13.1 Å². The van der Waals surface area contributed by atoms with Crippen LogP contribution in [0.4, 0.5) is 0 Å². The molecule has 0 aromatic carbocycles. The minimum atomic E-state index is -0.191. The van der Waals surface area contributed by atoms with Crippen molar-refractivity contribution < 1.29 is 9.53 Å². The lowest BCUT2D eigenvalue weighted by Gasteiger charge is -2.26. The number of likely N-dealkylation sites (tertiary alicyclic amines) is 1. The summed E-state index contributed by atoms with van der Waals surface area (Å²) in [6, 6.07) is 0. The van der Waals surface area contributed by atoms with Gasteiger partial charge in [0.1, 0.15) is 0 Å². The Morgan fingerprint density at radius 2 is 2.07 bits per heavy atom. The van der Waals surface area contributed by atoms with Crippen molar-refractivity contribution >= 4 is 5.97 Å². The molecular weight excluding hydrogens is 180 g/mol. The van der Waals surface area contributed by atoms with E-state index in [1.54, 1.807) is 0 Å². The average molecular weight is 200 g/mol. The van der Waals surface area contributed by atoms with Gasteiger partial charge in [0.15, 0.2) is 0 Å². The number of rotatable bonds is 5. The van der Waals surface area contributed by atoms with Gasteiger partial charge in [-0.05, 0) is 25.9 Å². The highest BCUT2D eigenvalue weighted by atomic mass is 16.5. The number of nitrogens with one attached hydrogen (secondary N) is 1. The molecule has 82 valence electrons. The average Bonchev–Trinajstić information content (AvgIpc) is 2.25. The van der Waals surface area contributed by atoms with E-state index < -0.39 is 0 Å². The summed E-state index contributed by atoms with van der Waals surface area (Å²) in [6.07, 6.45) is 4.00. The quantitative estimate of drug-likeness (QED) is 0.510. The molecular formula is C10H20N2O2. The zero-order chi connectivity index (χ0) is 10.2. The lowest BCUT2D eigenvalue weighted by atomic mass is 10.1. The van der Waals surface area contributed by atoms with Crippen molar-refractivity contribution in [3.8, 4) is 0 Å². The van der Waals surface area contributed by atoms with Gasteiger partial charge in [-0.3, -0.25) is 4.79 Å². The summed E-state index contributed by atoms with van der Waals surface area (Å²) in [6.45, 7) is 4.65. The first-order valence-electron chi connectivity index (χ1n) is 5.33. The normalized spacial score (nSPS) is 18.1. The fourth-order valence-electron chi connectivity index (χ4n) is 1.68. The van der Waals surface area contributed by atoms with Crippen LogP contribution in [0, 0.1) is 0 Å². The zero-order valence-electron chi connectivity index (χ0n) is 8.92. The molecule has 0 spiro atoms. The van der Waals surface area contributed by atoms with Gasteiger partial charge >= 0.3 is 5.97 Å². The SMILES string of the molecule is COC(=O)CNCCN1CCCCC1. The molecule has 1 N–H and O–H groups in total.